The first-order chi connectivity index (χ1) is 7.41. The highest BCUT2D eigenvalue weighted by Gasteiger charge is 2.38. The fraction of sp³-hybridized carbons (Fsp3) is 0.400. The molecule has 1 heterocycles. The zero-order chi connectivity index (χ0) is 11.9. The molecule has 1 aliphatic rings. The molecule has 2 rings (SSSR count). The van der Waals surface area contributed by atoms with Gasteiger partial charge in [0.15, 0.2) is 11.6 Å². The van der Waals surface area contributed by atoms with Crippen molar-refractivity contribution in [1.82, 2.24) is 0 Å². The van der Waals surface area contributed by atoms with Crippen LogP contribution in [0.2, 0.25) is 0 Å². The van der Waals surface area contributed by atoms with Gasteiger partial charge in [-0.3, -0.25) is 0 Å². The molecule has 0 saturated heterocycles. The second-order valence-corrected chi connectivity index (χ2v) is 3.58. The zero-order valence-electron chi connectivity index (χ0n) is 8.14. The summed E-state index contributed by atoms with van der Waals surface area (Å²) in [4.78, 5) is 0. The Morgan fingerprint density at radius 2 is 2.00 bits per heavy atom. The Morgan fingerprint density at radius 1 is 1.31 bits per heavy atom. The molecule has 0 aromatic heterocycles. The monoisotopic (exact) mass is 235 g/mol. The number of rotatable bonds is 0. The van der Waals surface area contributed by atoms with Gasteiger partial charge in [0.05, 0.1) is 12.2 Å². The number of ether oxygens (including phenoxy) is 1. The summed E-state index contributed by atoms with van der Waals surface area (Å²) < 4.78 is 56.1. The van der Waals surface area contributed by atoms with Crippen LogP contribution in [0.4, 0.5) is 17.6 Å². The van der Waals surface area contributed by atoms with Crippen molar-refractivity contribution in [3.8, 4) is 5.75 Å². The molecule has 1 atom stereocenters. The average molecular weight is 235 g/mol. The Balaban J connectivity index is 2.64. The highest BCUT2D eigenvalue weighted by atomic mass is 19.4. The maximum absolute atomic E-state index is 13.3. The lowest BCUT2D eigenvalue weighted by Gasteiger charge is -2.26. The third-order valence-electron chi connectivity index (χ3n) is 2.50. The molecule has 0 bridgehead atoms. The maximum atomic E-state index is 13.3. The molecule has 0 aliphatic carbocycles. The van der Waals surface area contributed by atoms with E-state index in [9.17, 15) is 17.6 Å². The van der Waals surface area contributed by atoms with Crippen LogP contribution < -0.4 is 10.5 Å². The topological polar surface area (TPSA) is 35.2 Å². The van der Waals surface area contributed by atoms with Crippen molar-refractivity contribution in [3.05, 3.63) is 29.1 Å². The molecule has 0 fully saturated rings. The summed E-state index contributed by atoms with van der Waals surface area (Å²) >= 11 is 0. The van der Waals surface area contributed by atoms with Gasteiger partial charge in [-0.15, -0.1) is 0 Å². The summed E-state index contributed by atoms with van der Waals surface area (Å²) in [5, 5.41) is 0. The standard InChI is InChI=1S/C10H9F4NO/c11-6-2-1-5(10(12,13)14)8-7(15)3-4-16-9(6)8/h1-2,7H,3-4,15H2/t7-/m0/s1. The molecule has 0 radical (unpaired) electrons. The summed E-state index contributed by atoms with van der Waals surface area (Å²) in [6.45, 7) is 0.131. The Bertz CT molecular complexity index is 416. The molecule has 88 valence electrons. The van der Waals surface area contributed by atoms with E-state index in [1.807, 2.05) is 0 Å². The van der Waals surface area contributed by atoms with Gasteiger partial charge in [-0.25, -0.2) is 4.39 Å². The third kappa shape index (κ3) is 1.73. The SMILES string of the molecule is N[C@H]1CCOc2c(F)ccc(C(F)(F)F)c21. The average Bonchev–Trinajstić information content (AvgIpc) is 2.18. The lowest BCUT2D eigenvalue weighted by molar-refractivity contribution is -0.138. The summed E-state index contributed by atoms with van der Waals surface area (Å²) in [5.74, 6) is -1.17. The molecule has 2 nitrogen and oxygen atoms in total. The second-order valence-electron chi connectivity index (χ2n) is 3.58. The fourth-order valence-corrected chi connectivity index (χ4v) is 1.77. The number of alkyl halides is 3. The van der Waals surface area contributed by atoms with Gasteiger partial charge in [0, 0.05) is 18.0 Å². The lowest BCUT2D eigenvalue weighted by Crippen LogP contribution is -2.25. The molecule has 6 heteroatoms. The molecular formula is C10H9F4NO. The molecule has 0 unspecified atom stereocenters. The van der Waals surface area contributed by atoms with Gasteiger partial charge in [-0.1, -0.05) is 0 Å². The minimum atomic E-state index is -4.55. The third-order valence-corrected chi connectivity index (χ3v) is 2.50. The highest BCUT2D eigenvalue weighted by molar-refractivity contribution is 5.46. The summed E-state index contributed by atoms with van der Waals surface area (Å²) in [5.41, 5.74) is 4.37. The van der Waals surface area contributed by atoms with Crippen LogP contribution in [0.3, 0.4) is 0 Å². The van der Waals surface area contributed by atoms with Crippen molar-refractivity contribution in [2.24, 2.45) is 5.73 Å². The van der Waals surface area contributed by atoms with E-state index in [0.717, 1.165) is 6.07 Å². The van der Waals surface area contributed by atoms with Crippen molar-refractivity contribution >= 4 is 0 Å². The van der Waals surface area contributed by atoms with Crippen molar-refractivity contribution in [2.75, 3.05) is 6.61 Å². The van der Waals surface area contributed by atoms with E-state index in [-0.39, 0.29) is 24.3 Å². The molecule has 0 spiro atoms. The molecule has 0 saturated carbocycles. The first kappa shape index (κ1) is 11.2. The predicted molar refractivity (Wildman–Crippen MR) is 48.4 cm³/mol. The van der Waals surface area contributed by atoms with Crippen LogP contribution in [0.25, 0.3) is 0 Å². The zero-order valence-corrected chi connectivity index (χ0v) is 8.14. The molecule has 1 aromatic carbocycles. The first-order valence-electron chi connectivity index (χ1n) is 4.69. The van der Waals surface area contributed by atoms with Gasteiger partial charge in [-0.05, 0) is 12.1 Å². The van der Waals surface area contributed by atoms with Crippen LogP contribution in [-0.2, 0) is 6.18 Å². The van der Waals surface area contributed by atoms with Crippen LogP contribution in [0.15, 0.2) is 12.1 Å². The van der Waals surface area contributed by atoms with Crippen molar-refractivity contribution in [1.29, 1.82) is 0 Å². The van der Waals surface area contributed by atoms with Crippen LogP contribution in [-0.4, -0.2) is 6.61 Å². The quantitative estimate of drug-likeness (QED) is 0.701. The normalized spacial score (nSPS) is 20.2. The summed E-state index contributed by atoms with van der Waals surface area (Å²) in [6, 6.07) is 0.610. The molecule has 0 amide bonds. The fourth-order valence-electron chi connectivity index (χ4n) is 1.77. The number of benzene rings is 1. The first-order valence-corrected chi connectivity index (χ1v) is 4.69. The van der Waals surface area contributed by atoms with Crippen molar-refractivity contribution < 1.29 is 22.3 Å². The Hall–Kier alpha value is -1.30. The van der Waals surface area contributed by atoms with E-state index in [2.05, 4.69) is 0 Å². The summed E-state index contributed by atoms with van der Waals surface area (Å²) in [6.07, 6.45) is -4.30. The maximum Gasteiger partial charge on any atom is 0.416 e. The van der Waals surface area contributed by atoms with Gasteiger partial charge in [0.2, 0.25) is 0 Å². The Morgan fingerprint density at radius 3 is 2.62 bits per heavy atom. The molecular weight excluding hydrogens is 226 g/mol. The lowest BCUT2D eigenvalue weighted by atomic mass is 9.95. The number of hydrogen-bond donors (Lipinski definition) is 1. The van der Waals surface area contributed by atoms with Gasteiger partial charge >= 0.3 is 6.18 Å². The van der Waals surface area contributed by atoms with Crippen LogP contribution in [0.1, 0.15) is 23.6 Å². The molecule has 2 N–H and O–H groups in total. The van der Waals surface area contributed by atoms with Gasteiger partial charge < -0.3 is 10.5 Å². The van der Waals surface area contributed by atoms with Gasteiger partial charge in [0.1, 0.15) is 0 Å². The number of halogens is 4. The predicted octanol–water partition coefficient (Wildman–Crippen LogP) is 2.63. The van der Waals surface area contributed by atoms with E-state index in [1.54, 1.807) is 0 Å². The van der Waals surface area contributed by atoms with E-state index in [0.29, 0.717) is 6.07 Å². The van der Waals surface area contributed by atoms with Gasteiger partial charge in [-0.2, -0.15) is 13.2 Å². The van der Waals surface area contributed by atoms with Crippen LogP contribution in [0, 0.1) is 5.82 Å². The minimum Gasteiger partial charge on any atom is -0.490 e. The largest absolute Gasteiger partial charge is 0.490 e. The van der Waals surface area contributed by atoms with Crippen LogP contribution in [0.5, 0.6) is 5.75 Å². The Kier molecular flexibility index (Phi) is 2.53. The second kappa shape index (κ2) is 3.62. The van der Waals surface area contributed by atoms with E-state index >= 15 is 0 Å². The molecule has 16 heavy (non-hydrogen) atoms. The van der Waals surface area contributed by atoms with Gasteiger partial charge in [0.25, 0.3) is 0 Å². The van der Waals surface area contributed by atoms with E-state index in [4.69, 9.17) is 10.5 Å². The Labute approximate surface area is 89.0 Å². The number of fused-ring (bicyclic) bond motifs is 1. The van der Waals surface area contributed by atoms with E-state index in [1.165, 1.54) is 0 Å². The molecule has 1 aromatic rings. The van der Waals surface area contributed by atoms with Crippen LogP contribution >= 0.6 is 0 Å². The van der Waals surface area contributed by atoms with Crippen molar-refractivity contribution in [2.45, 2.75) is 18.6 Å². The number of hydrogen-bond acceptors (Lipinski definition) is 2. The van der Waals surface area contributed by atoms with E-state index < -0.39 is 23.6 Å². The summed E-state index contributed by atoms with van der Waals surface area (Å²) in [7, 11) is 0. The minimum absolute atomic E-state index is 0.131. The van der Waals surface area contributed by atoms with Crippen molar-refractivity contribution in [3.63, 3.8) is 0 Å². The number of nitrogens with two attached hydrogens (primary N) is 1. The smallest absolute Gasteiger partial charge is 0.416 e. The highest BCUT2D eigenvalue weighted by Crippen LogP contribution is 2.42. The molecule has 1 aliphatic heterocycles.